The SMILES string of the molecule is COc1ccc(-c2cc3c(Sc4cccc(Br)c4)nc(Sc4cccc(Br)c4)nc3[nH]2)cc1. The number of fused-ring (bicyclic) bond motifs is 1. The van der Waals surface area contributed by atoms with Crippen molar-refractivity contribution in [2.45, 2.75) is 20.0 Å². The standard InChI is InChI=1S/C25H17Br2N3OS2/c1-31-18-10-8-15(9-11-18)22-14-21-23(28-22)29-25(33-20-7-3-5-17(27)13-20)30-24(21)32-19-6-2-4-16(26)12-19/h2-14H,1H3,(H,28,29,30). The van der Waals surface area contributed by atoms with Crippen molar-refractivity contribution >= 4 is 66.4 Å². The fourth-order valence-corrected chi connectivity index (χ4v) is 6.22. The van der Waals surface area contributed by atoms with E-state index in [1.807, 2.05) is 48.5 Å². The van der Waals surface area contributed by atoms with Crippen LogP contribution in [-0.4, -0.2) is 22.1 Å². The highest BCUT2D eigenvalue weighted by atomic mass is 79.9. The Kier molecular flexibility index (Phi) is 6.78. The van der Waals surface area contributed by atoms with Crippen molar-refractivity contribution in [3.63, 3.8) is 0 Å². The molecular formula is C25H17Br2N3OS2. The molecule has 0 saturated heterocycles. The molecule has 0 atom stereocenters. The first kappa shape index (κ1) is 22.5. The maximum Gasteiger partial charge on any atom is 0.195 e. The number of halogens is 2. The summed E-state index contributed by atoms with van der Waals surface area (Å²) in [6.07, 6.45) is 0. The highest BCUT2D eigenvalue weighted by molar-refractivity contribution is 9.10. The van der Waals surface area contributed by atoms with Crippen molar-refractivity contribution in [3.05, 3.63) is 87.8 Å². The maximum atomic E-state index is 5.29. The molecule has 0 saturated carbocycles. The molecule has 0 spiro atoms. The number of aromatic amines is 1. The molecule has 2 heterocycles. The van der Waals surface area contributed by atoms with Gasteiger partial charge in [-0.3, -0.25) is 0 Å². The Morgan fingerprint density at radius 2 is 1.45 bits per heavy atom. The van der Waals surface area contributed by atoms with E-state index in [0.29, 0.717) is 5.16 Å². The fourth-order valence-electron chi connectivity index (χ4n) is 3.29. The highest BCUT2D eigenvalue weighted by Crippen LogP contribution is 2.37. The summed E-state index contributed by atoms with van der Waals surface area (Å²) in [5, 5.41) is 2.59. The van der Waals surface area contributed by atoms with Crippen LogP contribution in [0.15, 0.2) is 108 Å². The summed E-state index contributed by atoms with van der Waals surface area (Å²) in [6, 6.07) is 26.5. The third-order valence-corrected chi connectivity index (χ3v) is 7.68. The van der Waals surface area contributed by atoms with Gasteiger partial charge in [-0.15, -0.1) is 0 Å². The van der Waals surface area contributed by atoms with Crippen LogP contribution in [0.3, 0.4) is 0 Å². The molecule has 0 radical (unpaired) electrons. The van der Waals surface area contributed by atoms with Crippen LogP contribution in [0, 0.1) is 0 Å². The number of benzene rings is 3. The Bertz CT molecular complexity index is 1440. The number of nitrogens with one attached hydrogen (secondary N) is 1. The second-order valence-corrected chi connectivity index (χ2v) is 11.0. The van der Waals surface area contributed by atoms with Crippen LogP contribution in [0.25, 0.3) is 22.3 Å². The molecule has 8 heteroatoms. The molecular weight excluding hydrogens is 582 g/mol. The number of H-pyrrole nitrogens is 1. The number of hydrogen-bond donors (Lipinski definition) is 1. The molecule has 0 amide bonds. The summed E-state index contributed by atoms with van der Waals surface area (Å²) in [5.74, 6) is 0.827. The molecule has 0 aliphatic heterocycles. The Morgan fingerprint density at radius 1 is 0.788 bits per heavy atom. The number of hydrogen-bond acceptors (Lipinski definition) is 5. The van der Waals surface area contributed by atoms with E-state index in [2.05, 4.69) is 67.2 Å². The minimum Gasteiger partial charge on any atom is -0.497 e. The predicted octanol–water partition coefficient (Wildman–Crippen LogP) is 8.46. The Labute approximate surface area is 216 Å². The van der Waals surface area contributed by atoms with Gasteiger partial charge in [0.05, 0.1) is 12.5 Å². The average molecular weight is 599 g/mol. The molecule has 2 aromatic heterocycles. The van der Waals surface area contributed by atoms with Gasteiger partial charge < -0.3 is 9.72 Å². The van der Waals surface area contributed by atoms with Gasteiger partial charge in [0.1, 0.15) is 16.4 Å². The second-order valence-electron chi connectivity index (χ2n) is 7.10. The van der Waals surface area contributed by atoms with Gasteiger partial charge in [0.25, 0.3) is 0 Å². The van der Waals surface area contributed by atoms with E-state index in [9.17, 15) is 0 Å². The highest BCUT2D eigenvalue weighted by Gasteiger charge is 2.15. The lowest BCUT2D eigenvalue weighted by molar-refractivity contribution is 0.415. The van der Waals surface area contributed by atoms with Crippen LogP contribution < -0.4 is 4.74 Å². The van der Waals surface area contributed by atoms with Crippen molar-refractivity contribution in [2.24, 2.45) is 0 Å². The summed E-state index contributed by atoms with van der Waals surface area (Å²) in [7, 11) is 1.67. The number of nitrogens with zero attached hydrogens (tertiary/aromatic N) is 2. The van der Waals surface area contributed by atoms with Gasteiger partial charge in [-0.1, -0.05) is 55.8 Å². The maximum absolute atomic E-state index is 5.29. The molecule has 0 unspecified atom stereocenters. The molecule has 1 N–H and O–H groups in total. The van der Waals surface area contributed by atoms with Crippen LogP contribution in [0.1, 0.15) is 0 Å². The largest absolute Gasteiger partial charge is 0.497 e. The third kappa shape index (κ3) is 5.30. The van der Waals surface area contributed by atoms with E-state index in [-0.39, 0.29) is 0 Å². The molecule has 5 aromatic rings. The Morgan fingerprint density at radius 3 is 2.09 bits per heavy atom. The van der Waals surface area contributed by atoms with E-state index in [4.69, 9.17) is 14.7 Å². The summed E-state index contributed by atoms with van der Waals surface area (Å²) in [4.78, 5) is 15.4. The van der Waals surface area contributed by atoms with Crippen LogP contribution in [0.5, 0.6) is 5.75 Å². The van der Waals surface area contributed by atoms with Crippen LogP contribution in [0.4, 0.5) is 0 Å². The lowest BCUT2D eigenvalue weighted by Gasteiger charge is -2.06. The first-order chi connectivity index (χ1) is 16.1. The van der Waals surface area contributed by atoms with Gasteiger partial charge in [-0.25, -0.2) is 9.97 Å². The van der Waals surface area contributed by atoms with Crippen molar-refractivity contribution in [1.29, 1.82) is 0 Å². The first-order valence-electron chi connectivity index (χ1n) is 9.99. The normalized spacial score (nSPS) is 11.1. The topological polar surface area (TPSA) is 50.8 Å². The smallest absolute Gasteiger partial charge is 0.195 e. The van der Waals surface area contributed by atoms with E-state index in [1.54, 1.807) is 30.6 Å². The summed E-state index contributed by atoms with van der Waals surface area (Å²) in [6.45, 7) is 0. The van der Waals surface area contributed by atoms with Crippen molar-refractivity contribution in [3.8, 4) is 17.0 Å². The van der Waals surface area contributed by atoms with Gasteiger partial charge in [0.15, 0.2) is 5.16 Å². The first-order valence-corrected chi connectivity index (χ1v) is 13.2. The molecule has 5 rings (SSSR count). The summed E-state index contributed by atoms with van der Waals surface area (Å²) >= 11 is 10.3. The molecule has 0 bridgehead atoms. The van der Waals surface area contributed by atoms with Crippen molar-refractivity contribution in [1.82, 2.24) is 15.0 Å². The summed E-state index contributed by atoms with van der Waals surface area (Å²) < 4.78 is 7.36. The molecule has 4 nitrogen and oxygen atoms in total. The van der Waals surface area contributed by atoms with E-state index >= 15 is 0 Å². The number of aromatic nitrogens is 3. The van der Waals surface area contributed by atoms with Gasteiger partial charge in [-0.2, -0.15) is 0 Å². The zero-order chi connectivity index (χ0) is 22.8. The molecule has 164 valence electrons. The van der Waals surface area contributed by atoms with Gasteiger partial charge in [0, 0.05) is 24.4 Å². The zero-order valence-electron chi connectivity index (χ0n) is 17.4. The second kappa shape index (κ2) is 9.93. The van der Waals surface area contributed by atoms with Crippen LogP contribution in [0.2, 0.25) is 0 Å². The zero-order valence-corrected chi connectivity index (χ0v) is 22.2. The van der Waals surface area contributed by atoms with E-state index < -0.39 is 0 Å². The molecule has 0 aliphatic carbocycles. The lowest BCUT2D eigenvalue weighted by Crippen LogP contribution is -1.91. The Hall–Kier alpha value is -2.26. The van der Waals surface area contributed by atoms with E-state index in [1.165, 1.54) is 0 Å². The van der Waals surface area contributed by atoms with E-state index in [0.717, 1.165) is 51.8 Å². The summed E-state index contributed by atoms with van der Waals surface area (Å²) in [5.41, 5.74) is 2.86. The van der Waals surface area contributed by atoms with Gasteiger partial charge >= 0.3 is 0 Å². The molecule has 3 aromatic carbocycles. The molecule has 33 heavy (non-hydrogen) atoms. The monoisotopic (exact) mass is 597 g/mol. The van der Waals surface area contributed by atoms with Gasteiger partial charge in [-0.05, 0) is 84.1 Å². The number of rotatable bonds is 6. The Balaban J connectivity index is 1.59. The van der Waals surface area contributed by atoms with Crippen LogP contribution >= 0.6 is 55.4 Å². The number of methoxy groups -OCH3 is 1. The average Bonchev–Trinajstić information content (AvgIpc) is 3.24. The van der Waals surface area contributed by atoms with Crippen molar-refractivity contribution < 1.29 is 4.74 Å². The molecule has 0 fully saturated rings. The number of ether oxygens (including phenoxy) is 1. The lowest BCUT2D eigenvalue weighted by atomic mass is 10.1. The van der Waals surface area contributed by atoms with Crippen molar-refractivity contribution in [2.75, 3.05) is 7.11 Å². The predicted molar refractivity (Wildman–Crippen MR) is 142 cm³/mol. The minimum absolute atomic E-state index is 0.696. The quantitative estimate of drug-likeness (QED) is 0.157. The minimum atomic E-state index is 0.696. The molecule has 0 aliphatic rings. The van der Waals surface area contributed by atoms with Gasteiger partial charge in [0.2, 0.25) is 0 Å². The fraction of sp³-hybridized carbons (Fsp3) is 0.0400. The third-order valence-electron chi connectivity index (χ3n) is 4.85. The van der Waals surface area contributed by atoms with Crippen LogP contribution in [-0.2, 0) is 0 Å².